The van der Waals surface area contributed by atoms with E-state index in [1.165, 1.54) is 6.92 Å². The van der Waals surface area contributed by atoms with Gasteiger partial charge in [-0.3, -0.25) is 0 Å². The smallest absolute Gasteiger partial charge is 0.304 e. The summed E-state index contributed by atoms with van der Waals surface area (Å²) in [4.78, 5) is 0. The summed E-state index contributed by atoms with van der Waals surface area (Å²) in [7, 11) is 0. The molecule has 0 aromatic heterocycles. The quantitative estimate of drug-likeness (QED) is 0.788. The molecule has 0 bridgehead atoms. The number of hydrogen-bond acceptors (Lipinski definition) is 1. The van der Waals surface area contributed by atoms with Crippen molar-refractivity contribution in [3.63, 3.8) is 0 Å². The van der Waals surface area contributed by atoms with Gasteiger partial charge < -0.3 is 5.32 Å². The highest BCUT2D eigenvalue weighted by Crippen LogP contribution is 2.31. The summed E-state index contributed by atoms with van der Waals surface area (Å²) < 4.78 is 37.0. The van der Waals surface area contributed by atoms with Crippen LogP contribution in [0, 0.1) is 11.8 Å². The van der Waals surface area contributed by atoms with Crippen LogP contribution in [0.1, 0.15) is 46.5 Å². The van der Waals surface area contributed by atoms with Crippen molar-refractivity contribution in [3.8, 4) is 0 Å². The third-order valence-corrected chi connectivity index (χ3v) is 3.69. The van der Waals surface area contributed by atoms with E-state index in [1.807, 2.05) is 0 Å². The molecule has 1 N–H and O–H groups in total. The Hall–Kier alpha value is -0.250. The molecule has 1 atom stereocenters. The van der Waals surface area contributed by atoms with E-state index < -0.39 is 12.2 Å². The number of hydrogen-bond donors (Lipinski definition) is 1. The van der Waals surface area contributed by atoms with Gasteiger partial charge in [-0.1, -0.05) is 13.8 Å². The molecule has 4 heteroatoms. The summed E-state index contributed by atoms with van der Waals surface area (Å²) in [6, 6.07) is -1.33. The fourth-order valence-corrected chi connectivity index (χ4v) is 2.40. The number of nitrogens with one attached hydrogen (secondary N) is 1. The molecule has 1 rings (SSSR count). The van der Waals surface area contributed by atoms with Crippen LogP contribution in [-0.4, -0.2) is 18.3 Å². The lowest BCUT2D eigenvalue weighted by atomic mass is 9.79. The van der Waals surface area contributed by atoms with Crippen LogP contribution in [0.4, 0.5) is 13.2 Å². The van der Waals surface area contributed by atoms with Gasteiger partial charge in [-0.2, -0.15) is 13.2 Å². The molecule has 1 aliphatic carbocycles. The van der Waals surface area contributed by atoms with Crippen LogP contribution in [0.5, 0.6) is 0 Å². The predicted octanol–water partition coefficient (Wildman–Crippen LogP) is 3.74. The molecule has 1 unspecified atom stereocenters. The van der Waals surface area contributed by atoms with Crippen LogP contribution >= 0.6 is 0 Å². The molecular weight excluding hydrogens is 215 g/mol. The highest BCUT2D eigenvalue weighted by molar-refractivity contribution is 4.82. The summed E-state index contributed by atoms with van der Waals surface area (Å²) in [6.45, 7) is 5.59. The maximum absolute atomic E-state index is 12.3. The van der Waals surface area contributed by atoms with Gasteiger partial charge in [0.2, 0.25) is 0 Å². The second kappa shape index (κ2) is 5.39. The third kappa shape index (κ3) is 3.96. The van der Waals surface area contributed by atoms with Gasteiger partial charge in [-0.25, -0.2) is 0 Å². The van der Waals surface area contributed by atoms with E-state index >= 15 is 0 Å². The second-order valence-electron chi connectivity index (χ2n) is 5.29. The van der Waals surface area contributed by atoms with Crippen molar-refractivity contribution in [2.24, 2.45) is 11.8 Å². The SMILES string of the molecule is CC(N[C@H]1CC[C@H](C(C)C)CC1)C(F)(F)F. The lowest BCUT2D eigenvalue weighted by molar-refractivity contribution is -0.154. The van der Waals surface area contributed by atoms with Gasteiger partial charge in [-0.15, -0.1) is 0 Å². The largest absolute Gasteiger partial charge is 0.403 e. The van der Waals surface area contributed by atoms with Gasteiger partial charge in [0.15, 0.2) is 0 Å². The first kappa shape index (κ1) is 13.8. The molecule has 0 radical (unpaired) electrons. The molecule has 96 valence electrons. The normalized spacial score (nSPS) is 29.4. The zero-order chi connectivity index (χ0) is 12.3. The molecule has 0 saturated heterocycles. The molecule has 1 saturated carbocycles. The number of rotatable bonds is 3. The zero-order valence-corrected chi connectivity index (χ0v) is 10.3. The van der Waals surface area contributed by atoms with Gasteiger partial charge in [0.1, 0.15) is 6.04 Å². The molecular formula is C12H22F3N. The Balaban J connectivity index is 2.32. The Kier molecular flexibility index (Phi) is 4.65. The van der Waals surface area contributed by atoms with Gasteiger partial charge in [0.05, 0.1) is 0 Å². The number of alkyl halides is 3. The Morgan fingerprint density at radius 3 is 1.88 bits per heavy atom. The summed E-state index contributed by atoms with van der Waals surface area (Å²) in [5.74, 6) is 1.35. The molecule has 0 amide bonds. The molecule has 0 aromatic carbocycles. The van der Waals surface area contributed by atoms with Crippen LogP contribution in [0.3, 0.4) is 0 Å². The molecule has 0 spiro atoms. The van der Waals surface area contributed by atoms with E-state index in [1.54, 1.807) is 0 Å². The monoisotopic (exact) mass is 237 g/mol. The van der Waals surface area contributed by atoms with Crippen LogP contribution in [0.25, 0.3) is 0 Å². The van der Waals surface area contributed by atoms with Crippen LogP contribution < -0.4 is 5.32 Å². The standard InChI is InChI=1S/C12H22F3N/c1-8(2)10-4-6-11(7-5-10)16-9(3)12(13,14)15/h8-11,16H,4-7H2,1-3H3/t9?,10-,11-. The first-order valence-corrected chi connectivity index (χ1v) is 6.13. The lowest BCUT2D eigenvalue weighted by Crippen LogP contribution is -2.46. The zero-order valence-electron chi connectivity index (χ0n) is 10.3. The Morgan fingerprint density at radius 1 is 1.00 bits per heavy atom. The minimum absolute atomic E-state index is 0.0478. The third-order valence-electron chi connectivity index (χ3n) is 3.69. The minimum atomic E-state index is -4.12. The van der Waals surface area contributed by atoms with E-state index in [2.05, 4.69) is 19.2 Å². The van der Waals surface area contributed by atoms with Gasteiger partial charge in [-0.05, 0) is 44.4 Å². The number of halogens is 3. The van der Waals surface area contributed by atoms with E-state index in [-0.39, 0.29) is 6.04 Å². The lowest BCUT2D eigenvalue weighted by Gasteiger charge is -2.33. The van der Waals surface area contributed by atoms with Crippen molar-refractivity contribution >= 4 is 0 Å². The molecule has 16 heavy (non-hydrogen) atoms. The fraction of sp³-hybridized carbons (Fsp3) is 1.00. The van der Waals surface area contributed by atoms with E-state index in [4.69, 9.17) is 0 Å². The van der Waals surface area contributed by atoms with Gasteiger partial charge >= 0.3 is 6.18 Å². The predicted molar refractivity (Wildman–Crippen MR) is 59.2 cm³/mol. The highest BCUT2D eigenvalue weighted by Gasteiger charge is 2.37. The molecule has 1 aliphatic rings. The van der Waals surface area contributed by atoms with E-state index in [0.717, 1.165) is 25.7 Å². The molecule has 0 aliphatic heterocycles. The van der Waals surface area contributed by atoms with Crippen LogP contribution in [-0.2, 0) is 0 Å². The summed E-state index contributed by atoms with van der Waals surface area (Å²) in [5, 5.41) is 2.69. The summed E-state index contributed by atoms with van der Waals surface area (Å²) >= 11 is 0. The van der Waals surface area contributed by atoms with Crippen molar-refractivity contribution in [2.75, 3.05) is 0 Å². The Bertz CT molecular complexity index is 205. The first-order chi connectivity index (χ1) is 7.30. The van der Waals surface area contributed by atoms with Gasteiger partial charge in [0, 0.05) is 6.04 Å². The van der Waals surface area contributed by atoms with Gasteiger partial charge in [0.25, 0.3) is 0 Å². The van der Waals surface area contributed by atoms with Crippen molar-refractivity contribution in [2.45, 2.75) is 64.7 Å². The van der Waals surface area contributed by atoms with Crippen molar-refractivity contribution in [3.05, 3.63) is 0 Å². The topological polar surface area (TPSA) is 12.0 Å². The Morgan fingerprint density at radius 2 is 1.50 bits per heavy atom. The maximum Gasteiger partial charge on any atom is 0.403 e. The summed E-state index contributed by atoms with van der Waals surface area (Å²) in [6.07, 6.45) is -0.249. The maximum atomic E-state index is 12.3. The Labute approximate surface area is 95.8 Å². The molecule has 1 nitrogen and oxygen atoms in total. The van der Waals surface area contributed by atoms with Crippen molar-refractivity contribution in [1.29, 1.82) is 0 Å². The van der Waals surface area contributed by atoms with Crippen LogP contribution in [0.15, 0.2) is 0 Å². The first-order valence-electron chi connectivity index (χ1n) is 6.13. The molecule has 1 fully saturated rings. The van der Waals surface area contributed by atoms with Crippen molar-refractivity contribution < 1.29 is 13.2 Å². The average molecular weight is 237 g/mol. The van der Waals surface area contributed by atoms with E-state index in [0.29, 0.717) is 11.8 Å². The fourth-order valence-electron chi connectivity index (χ4n) is 2.40. The average Bonchev–Trinajstić information content (AvgIpc) is 2.17. The minimum Gasteiger partial charge on any atom is -0.304 e. The highest BCUT2D eigenvalue weighted by atomic mass is 19.4. The summed E-state index contributed by atoms with van der Waals surface area (Å²) in [5.41, 5.74) is 0. The van der Waals surface area contributed by atoms with Crippen molar-refractivity contribution in [1.82, 2.24) is 5.32 Å². The van der Waals surface area contributed by atoms with E-state index in [9.17, 15) is 13.2 Å². The molecule has 0 heterocycles. The van der Waals surface area contributed by atoms with Crippen LogP contribution in [0.2, 0.25) is 0 Å². The molecule has 0 aromatic rings. The second-order valence-corrected chi connectivity index (χ2v) is 5.29.